The van der Waals surface area contributed by atoms with E-state index in [9.17, 15) is 14.4 Å². The molecule has 9 heteroatoms. The highest BCUT2D eigenvalue weighted by atomic mass is 32.1. The van der Waals surface area contributed by atoms with Crippen LogP contribution in [-0.4, -0.2) is 32.8 Å². The quantitative estimate of drug-likeness (QED) is 0.462. The lowest BCUT2D eigenvalue weighted by Crippen LogP contribution is -2.28. The molecule has 0 radical (unpaired) electrons. The summed E-state index contributed by atoms with van der Waals surface area (Å²) in [5, 5.41) is 9.38. The fraction of sp³-hybridized carbons (Fsp3) is 0.174. The van der Waals surface area contributed by atoms with Crippen LogP contribution in [0.5, 0.6) is 0 Å². The highest BCUT2D eigenvalue weighted by Crippen LogP contribution is 2.30. The molecule has 1 aliphatic rings. The molecule has 4 aromatic rings. The Morgan fingerprint density at radius 3 is 2.59 bits per heavy atom. The van der Waals surface area contributed by atoms with Crippen molar-refractivity contribution < 1.29 is 18.9 Å². The summed E-state index contributed by atoms with van der Waals surface area (Å²) in [6, 6.07) is 12.7. The third kappa shape index (κ3) is 3.67. The number of fused-ring (bicyclic) bond motifs is 1. The molecule has 1 aliphatic heterocycles. The first-order valence-electron chi connectivity index (χ1n) is 10.0. The molecule has 1 fully saturated rings. The normalized spacial score (nSPS) is 13.8. The van der Waals surface area contributed by atoms with Crippen LogP contribution in [0.3, 0.4) is 0 Å². The Morgan fingerprint density at radius 1 is 1.16 bits per heavy atom. The number of thiophene rings is 1. The first-order valence-corrected chi connectivity index (χ1v) is 10.9. The molecule has 0 atom stereocenters. The predicted octanol–water partition coefficient (Wildman–Crippen LogP) is 4.16. The van der Waals surface area contributed by atoms with Gasteiger partial charge < -0.3 is 9.84 Å². The Balaban J connectivity index is 1.39. The van der Waals surface area contributed by atoms with Crippen LogP contribution in [0.15, 0.2) is 52.4 Å². The number of carbonyl (C=O) groups excluding carboxylic acids is 3. The Labute approximate surface area is 186 Å². The topological polar surface area (TPSA) is 105 Å². The number of hydrogen-bond acceptors (Lipinski definition) is 7. The molecule has 1 N–H and O–H groups in total. The van der Waals surface area contributed by atoms with Crippen molar-refractivity contribution in [2.24, 2.45) is 0 Å². The summed E-state index contributed by atoms with van der Waals surface area (Å²) in [7, 11) is 0. The van der Waals surface area contributed by atoms with Gasteiger partial charge >= 0.3 is 0 Å². The van der Waals surface area contributed by atoms with Gasteiger partial charge in [0.05, 0.1) is 33.8 Å². The number of pyridine rings is 1. The first kappa shape index (κ1) is 20.1. The van der Waals surface area contributed by atoms with Crippen molar-refractivity contribution in [3.63, 3.8) is 0 Å². The van der Waals surface area contributed by atoms with E-state index in [0.717, 1.165) is 10.4 Å². The molecular weight excluding hydrogens is 428 g/mol. The molecule has 3 aromatic heterocycles. The fourth-order valence-electron chi connectivity index (χ4n) is 3.70. The summed E-state index contributed by atoms with van der Waals surface area (Å²) in [6.07, 6.45) is 0.534. The van der Waals surface area contributed by atoms with E-state index in [-0.39, 0.29) is 37.1 Å². The zero-order valence-electron chi connectivity index (χ0n) is 17.1. The molecule has 8 nitrogen and oxygen atoms in total. The SMILES string of the molecule is Cc1noc2nc(-c3cccs3)cc(C(=O)Nc3ccc(CN4C(=O)CCC4=O)cc3)c12. The molecule has 4 heterocycles. The van der Waals surface area contributed by atoms with Crippen molar-refractivity contribution in [2.75, 3.05) is 5.32 Å². The summed E-state index contributed by atoms with van der Waals surface area (Å²) in [5.74, 6) is -0.612. The van der Waals surface area contributed by atoms with Crippen LogP contribution < -0.4 is 5.32 Å². The summed E-state index contributed by atoms with van der Waals surface area (Å²) in [6.45, 7) is 2.01. The number of likely N-dealkylation sites (tertiary alicyclic amines) is 1. The van der Waals surface area contributed by atoms with Gasteiger partial charge in [-0.1, -0.05) is 23.4 Å². The molecule has 1 aromatic carbocycles. The second kappa shape index (κ2) is 8.01. The minimum Gasteiger partial charge on any atom is -0.335 e. The van der Waals surface area contributed by atoms with Gasteiger partial charge in [0.2, 0.25) is 11.8 Å². The second-order valence-corrected chi connectivity index (χ2v) is 8.45. The average molecular weight is 446 g/mol. The Kier molecular flexibility index (Phi) is 5.02. The number of nitrogens with zero attached hydrogens (tertiary/aromatic N) is 3. The van der Waals surface area contributed by atoms with E-state index in [4.69, 9.17) is 4.52 Å². The van der Waals surface area contributed by atoms with E-state index >= 15 is 0 Å². The average Bonchev–Trinajstić information content (AvgIpc) is 3.52. The summed E-state index contributed by atoms with van der Waals surface area (Å²) in [5.41, 5.74) is 3.38. The van der Waals surface area contributed by atoms with Gasteiger partial charge in [-0.25, -0.2) is 4.98 Å². The van der Waals surface area contributed by atoms with Gasteiger partial charge in [0, 0.05) is 18.5 Å². The molecule has 1 saturated heterocycles. The zero-order chi connectivity index (χ0) is 22.2. The number of rotatable bonds is 5. The van der Waals surface area contributed by atoms with Crippen molar-refractivity contribution in [1.82, 2.24) is 15.0 Å². The van der Waals surface area contributed by atoms with Crippen LogP contribution in [0.2, 0.25) is 0 Å². The van der Waals surface area contributed by atoms with Crippen LogP contribution in [0.25, 0.3) is 21.7 Å². The molecule has 5 rings (SSSR count). The Morgan fingerprint density at radius 2 is 1.91 bits per heavy atom. The molecule has 3 amide bonds. The predicted molar refractivity (Wildman–Crippen MR) is 119 cm³/mol. The Bertz CT molecular complexity index is 1330. The number of aromatic nitrogens is 2. The van der Waals surface area contributed by atoms with Gasteiger partial charge in [0.15, 0.2) is 0 Å². The fourth-order valence-corrected chi connectivity index (χ4v) is 4.38. The van der Waals surface area contributed by atoms with Crippen LogP contribution in [0, 0.1) is 6.92 Å². The van der Waals surface area contributed by atoms with Crippen LogP contribution >= 0.6 is 11.3 Å². The van der Waals surface area contributed by atoms with Crippen LogP contribution in [0.4, 0.5) is 5.69 Å². The number of carbonyl (C=O) groups is 3. The lowest BCUT2D eigenvalue weighted by atomic mass is 10.1. The number of aryl methyl sites for hydroxylation is 1. The van der Waals surface area contributed by atoms with Crippen molar-refractivity contribution in [1.29, 1.82) is 0 Å². The zero-order valence-corrected chi connectivity index (χ0v) is 17.9. The van der Waals surface area contributed by atoms with E-state index < -0.39 is 0 Å². The summed E-state index contributed by atoms with van der Waals surface area (Å²) >= 11 is 1.52. The lowest BCUT2D eigenvalue weighted by molar-refractivity contribution is -0.139. The van der Waals surface area contributed by atoms with Gasteiger partial charge in [0.1, 0.15) is 0 Å². The molecule has 160 valence electrons. The number of imide groups is 1. The molecule has 0 aliphatic carbocycles. The van der Waals surface area contributed by atoms with E-state index in [0.29, 0.717) is 33.7 Å². The summed E-state index contributed by atoms with van der Waals surface area (Å²) in [4.78, 5) is 43.5. The number of nitrogens with one attached hydrogen (secondary N) is 1. The van der Waals surface area contributed by atoms with Gasteiger partial charge in [-0.05, 0) is 42.1 Å². The van der Waals surface area contributed by atoms with Crippen molar-refractivity contribution in [3.05, 3.63) is 64.7 Å². The van der Waals surface area contributed by atoms with E-state index in [1.54, 1.807) is 37.3 Å². The standard InChI is InChI=1S/C23H18N4O4S/c1-13-21-16(11-17(18-3-2-10-32-18)25-23(21)31-26-13)22(30)24-15-6-4-14(5-7-15)12-27-19(28)8-9-20(27)29/h2-7,10-11H,8-9,12H2,1H3,(H,24,30). The van der Waals surface area contributed by atoms with Crippen molar-refractivity contribution >= 4 is 45.8 Å². The largest absolute Gasteiger partial charge is 0.335 e. The maximum atomic E-state index is 13.1. The van der Waals surface area contributed by atoms with Crippen LogP contribution in [0.1, 0.15) is 34.5 Å². The van der Waals surface area contributed by atoms with E-state index in [1.807, 2.05) is 17.5 Å². The molecule has 32 heavy (non-hydrogen) atoms. The lowest BCUT2D eigenvalue weighted by Gasteiger charge is -2.14. The van der Waals surface area contributed by atoms with Gasteiger partial charge in [-0.3, -0.25) is 19.3 Å². The van der Waals surface area contributed by atoms with Crippen molar-refractivity contribution in [2.45, 2.75) is 26.3 Å². The highest BCUT2D eigenvalue weighted by Gasteiger charge is 2.28. The second-order valence-electron chi connectivity index (χ2n) is 7.51. The van der Waals surface area contributed by atoms with Gasteiger partial charge in [-0.2, -0.15) is 0 Å². The Hall–Kier alpha value is -3.85. The minimum atomic E-state index is -0.306. The first-order chi connectivity index (χ1) is 15.5. The maximum Gasteiger partial charge on any atom is 0.259 e. The van der Waals surface area contributed by atoms with Crippen LogP contribution in [-0.2, 0) is 16.1 Å². The number of benzene rings is 1. The van der Waals surface area contributed by atoms with Gasteiger partial charge in [0.25, 0.3) is 11.6 Å². The van der Waals surface area contributed by atoms with E-state index in [1.165, 1.54) is 16.2 Å². The number of hydrogen-bond donors (Lipinski definition) is 1. The summed E-state index contributed by atoms with van der Waals surface area (Å²) < 4.78 is 5.33. The van der Waals surface area contributed by atoms with Gasteiger partial charge in [-0.15, -0.1) is 11.3 Å². The monoisotopic (exact) mass is 446 g/mol. The maximum absolute atomic E-state index is 13.1. The number of amides is 3. The van der Waals surface area contributed by atoms with Crippen molar-refractivity contribution in [3.8, 4) is 10.6 Å². The third-order valence-electron chi connectivity index (χ3n) is 5.34. The smallest absolute Gasteiger partial charge is 0.259 e. The molecule has 0 unspecified atom stereocenters. The molecule has 0 saturated carbocycles. The molecule has 0 spiro atoms. The highest BCUT2D eigenvalue weighted by molar-refractivity contribution is 7.13. The molecule has 0 bridgehead atoms. The number of anilines is 1. The molecular formula is C23H18N4O4S. The third-order valence-corrected chi connectivity index (χ3v) is 6.24. The minimum absolute atomic E-state index is 0.153. The van der Waals surface area contributed by atoms with E-state index in [2.05, 4.69) is 15.5 Å².